The molecule has 0 radical (unpaired) electrons. The van der Waals surface area contributed by atoms with Crippen molar-refractivity contribution in [3.8, 4) is 16.9 Å². The van der Waals surface area contributed by atoms with E-state index in [4.69, 9.17) is 0 Å². The number of anilines is 1. The Morgan fingerprint density at radius 1 is 1.17 bits per heavy atom. The summed E-state index contributed by atoms with van der Waals surface area (Å²) in [4.78, 5) is 2.16. The fraction of sp³-hybridized carbons (Fsp3) is 0.417. The Bertz CT molecular complexity index is 887. The molecule has 0 aliphatic heterocycles. The molecule has 2 aromatic carbocycles. The molecule has 30 heavy (non-hydrogen) atoms. The van der Waals surface area contributed by atoms with Crippen molar-refractivity contribution in [2.24, 2.45) is 0 Å². The standard InChI is InChI=1S/C24H31F3N2O/c1-7-16(3)15-29(6)23-17(4)22(13-19(14-28-5)21(23)8-2)18-9-11-20(12-10-18)30-24(25,26)27/h9-13,15,28H,7-8,14H2,1-6H3/b16-15+. The number of ether oxygens (including phenoxy) is 1. The number of hydrogen-bond acceptors (Lipinski definition) is 3. The normalized spacial score (nSPS) is 12.2. The molecule has 6 heteroatoms. The lowest BCUT2D eigenvalue weighted by Gasteiger charge is -2.26. The van der Waals surface area contributed by atoms with E-state index in [9.17, 15) is 13.2 Å². The van der Waals surface area contributed by atoms with Crippen molar-refractivity contribution in [3.63, 3.8) is 0 Å². The fourth-order valence-electron chi connectivity index (χ4n) is 3.72. The summed E-state index contributed by atoms with van der Waals surface area (Å²) in [7, 11) is 3.96. The van der Waals surface area contributed by atoms with Gasteiger partial charge in [0, 0.05) is 25.5 Å². The third-order valence-electron chi connectivity index (χ3n) is 5.20. The van der Waals surface area contributed by atoms with Crippen LogP contribution < -0.4 is 15.0 Å². The Morgan fingerprint density at radius 2 is 1.80 bits per heavy atom. The van der Waals surface area contributed by atoms with Crippen LogP contribution in [0.4, 0.5) is 18.9 Å². The van der Waals surface area contributed by atoms with E-state index < -0.39 is 6.36 Å². The lowest BCUT2D eigenvalue weighted by Crippen LogP contribution is -2.17. The molecule has 0 heterocycles. The predicted octanol–water partition coefficient (Wildman–Crippen LogP) is 6.59. The highest BCUT2D eigenvalue weighted by Crippen LogP contribution is 2.37. The highest BCUT2D eigenvalue weighted by molar-refractivity contribution is 5.78. The van der Waals surface area contributed by atoms with Crippen molar-refractivity contribution in [1.82, 2.24) is 5.32 Å². The number of nitrogens with zero attached hydrogens (tertiary/aromatic N) is 1. The van der Waals surface area contributed by atoms with E-state index in [0.29, 0.717) is 6.54 Å². The lowest BCUT2D eigenvalue weighted by molar-refractivity contribution is -0.274. The largest absolute Gasteiger partial charge is 0.573 e. The molecular formula is C24H31F3N2O. The van der Waals surface area contributed by atoms with Crippen LogP contribution in [-0.4, -0.2) is 20.5 Å². The maximum Gasteiger partial charge on any atom is 0.573 e. The molecule has 0 fully saturated rings. The SMILES string of the molecule is CC/C(C)=C/N(C)c1c(C)c(-c2ccc(OC(F)(F)F)cc2)cc(CNC)c1CC. The van der Waals surface area contributed by atoms with Crippen molar-refractivity contribution in [1.29, 1.82) is 0 Å². The van der Waals surface area contributed by atoms with Crippen molar-refractivity contribution in [2.45, 2.75) is 53.4 Å². The van der Waals surface area contributed by atoms with Crippen molar-refractivity contribution >= 4 is 5.69 Å². The Hall–Kier alpha value is -2.47. The van der Waals surface area contributed by atoms with E-state index >= 15 is 0 Å². The summed E-state index contributed by atoms with van der Waals surface area (Å²) >= 11 is 0. The molecule has 0 atom stereocenters. The van der Waals surface area contributed by atoms with E-state index in [1.807, 2.05) is 14.1 Å². The van der Waals surface area contributed by atoms with E-state index in [1.54, 1.807) is 12.1 Å². The average molecular weight is 421 g/mol. The van der Waals surface area contributed by atoms with Crippen LogP contribution in [0.15, 0.2) is 42.1 Å². The summed E-state index contributed by atoms with van der Waals surface area (Å²) in [6.45, 7) is 9.16. The van der Waals surface area contributed by atoms with Gasteiger partial charge in [0.15, 0.2) is 0 Å². The monoisotopic (exact) mass is 420 g/mol. The molecule has 1 N–H and O–H groups in total. The van der Waals surface area contributed by atoms with Crippen molar-refractivity contribution in [3.05, 3.63) is 58.8 Å². The molecule has 0 aromatic heterocycles. The number of alkyl halides is 3. The fourth-order valence-corrected chi connectivity index (χ4v) is 3.72. The zero-order valence-electron chi connectivity index (χ0n) is 18.6. The molecule has 164 valence electrons. The highest BCUT2D eigenvalue weighted by atomic mass is 19.4. The summed E-state index contributed by atoms with van der Waals surface area (Å²) in [6, 6.07) is 8.21. The van der Waals surface area contributed by atoms with Gasteiger partial charge < -0.3 is 15.0 Å². The molecule has 0 bridgehead atoms. The smallest absolute Gasteiger partial charge is 0.406 e. The van der Waals surface area contributed by atoms with Gasteiger partial charge in [-0.3, -0.25) is 0 Å². The molecule has 0 aliphatic rings. The van der Waals surface area contributed by atoms with E-state index in [2.05, 4.69) is 54.9 Å². The van der Waals surface area contributed by atoms with E-state index in [-0.39, 0.29) is 5.75 Å². The van der Waals surface area contributed by atoms with Gasteiger partial charge in [-0.2, -0.15) is 0 Å². The second kappa shape index (κ2) is 10.0. The second-order valence-electron chi connectivity index (χ2n) is 7.43. The Kier molecular flexibility index (Phi) is 7.96. The molecule has 0 amide bonds. The van der Waals surface area contributed by atoms with E-state index in [1.165, 1.54) is 28.8 Å². The second-order valence-corrected chi connectivity index (χ2v) is 7.43. The van der Waals surface area contributed by atoms with Crippen LogP contribution in [0.25, 0.3) is 11.1 Å². The van der Waals surface area contributed by atoms with Crippen molar-refractivity contribution < 1.29 is 17.9 Å². The van der Waals surface area contributed by atoms with E-state index in [0.717, 1.165) is 35.2 Å². The van der Waals surface area contributed by atoms with Crippen LogP contribution in [0.1, 0.15) is 43.9 Å². The minimum Gasteiger partial charge on any atom is -0.406 e. The molecule has 3 nitrogen and oxygen atoms in total. The first-order valence-corrected chi connectivity index (χ1v) is 10.2. The highest BCUT2D eigenvalue weighted by Gasteiger charge is 2.31. The van der Waals surface area contributed by atoms with Gasteiger partial charge >= 0.3 is 6.36 Å². The van der Waals surface area contributed by atoms with Gasteiger partial charge in [-0.05, 0) is 79.8 Å². The Labute approximate surface area is 177 Å². The summed E-state index contributed by atoms with van der Waals surface area (Å²) in [5.41, 5.74) is 7.81. The van der Waals surface area contributed by atoms with Gasteiger partial charge in [-0.15, -0.1) is 13.2 Å². The number of rotatable bonds is 8. The van der Waals surface area contributed by atoms with Gasteiger partial charge in [-0.1, -0.05) is 31.6 Å². The summed E-state index contributed by atoms with van der Waals surface area (Å²) in [6.07, 6.45) is -0.696. The molecule has 2 rings (SSSR count). The van der Waals surface area contributed by atoms with Crippen LogP contribution in [-0.2, 0) is 13.0 Å². The number of allylic oxidation sites excluding steroid dienone is 1. The van der Waals surface area contributed by atoms with Gasteiger partial charge in [0.25, 0.3) is 0 Å². The third-order valence-corrected chi connectivity index (χ3v) is 5.20. The Morgan fingerprint density at radius 3 is 2.30 bits per heavy atom. The Balaban J connectivity index is 2.62. The number of benzene rings is 2. The zero-order chi connectivity index (χ0) is 22.5. The summed E-state index contributed by atoms with van der Waals surface area (Å²) in [5, 5.41) is 3.23. The first-order chi connectivity index (χ1) is 14.1. The predicted molar refractivity (Wildman–Crippen MR) is 118 cm³/mol. The molecule has 2 aromatic rings. The molecule has 0 saturated heterocycles. The summed E-state index contributed by atoms with van der Waals surface area (Å²) < 4.78 is 41.5. The molecule has 0 saturated carbocycles. The first kappa shape index (κ1) is 23.8. The lowest BCUT2D eigenvalue weighted by atomic mass is 9.90. The number of nitrogens with one attached hydrogen (secondary N) is 1. The van der Waals surface area contributed by atoms with Crippen LogP contribution in [0.2, 0.25) is 0 Å². The maximum atomic E-state index is 12.5. The molecule has 0 aliphatic carbocycles. The first-order valence-electron chi connectivity index (χ1n) is 10.2. The third kappa shape index (κ3) is 5.79. The van der Waals surface area contributed by atoms with Crippen molar-refractivity contribution in [2.75, 3.05) is 19.0 Å². The van der Waals surface area contributed by atoms with Gasteiger partial charge in [0.2, 0.25) is 0 Å². The average Bonchev–Trinajstić information content (AvgIpc) is 2.68. The molecule has 0 spiro atoms. The van der Waals surface area contributed by atoms with Crippen LogP contribution in [0.3, 0.4) is 0 Å². The number of hydrogen-bond donors (Lipinski definition) is 1. The minimum atomic E-state index is -4.69. The van der Waals surface area contributed by atoms with Gasteiger partial charge in [-0.25, -0.2) is 0 Å². The summed E-state index contributed by atoms with van der Waals surface area (Å²) in [5.74, 6) is -0.219. The van der Waals surface area contributed by atoms with Crippen LogP contribution in [0.5, 0.6) is 5.75 Å². The molecular weight excluding hydrogens is 389 g/mol. The van der Waals surface area contributed by atoms with Gasteiger partial charge in [0.05, 0.1) is 0 Å². The zero-order valence-corrected chi connectivity index (χ0v) is 18.6. The number of halogens is 3. The maximum absolute atomic E-state index is 12.5. The minimum absolute atomic E-state index is 0.219. The van der Waals surface area contributed by atoms with Crippen LogP contribution >= 0.6 is 0 Å². The molecule has 0 unspecified atom stereocenters. The topological polar surface area (TPSA) is 24.5 Å². The quantitative estimate of drug-likeness (QED) is 0.521. The van der Waals surface area contributed by atoms with Crippen LogP contribution in [0, 0.1) is 6.92 Å². The van der Waals surface area contributed by atoms with Gasteiger partial charge in [0.1, 0.15) is 5.75 Å².